The van der Waals surface area contributed by atoms with Gasteiger partial charge in [0.1, 0.15) is 0 Å². The Labute approximate surface area is 194 Å². The van der Waals surface area contributed by atoms with Crippen LogP contribution in [0.25, 0.3) is 0 Å². The molecule has 0 aliphatic rings. The Balaban J connectivity index is 2.32. The summed E-state index contributed by atoms with van der Waals surface area (Å²) in [6, 6.07) is 10.9. The van der Waals surface area contributed by atoms with Crippen molar-refractivity contribution in [1.82, 2.24) is 0 Å². The van der Waals surface area contributed by atoms with Crippen LogP contribution in [0.3, 0.4) is 0 Å². The number of aliphatic hydroxyl groups excluding tert-OH is 1. The third kappa shape index (κ3) is 5.17. The van der Waals surface area contributed by atoms with Crippen LogP contribution in [0.15, 0.2) is 72.8 Å². The number of rotatable bonds is 5. The van der Waals surface area contributed by atoms with Gasteiger partial charge in [0.15, 0.2) is 0 Å². The molecule has 1 N–H and O–H groups in total. The molecule has 0 heterocycles. The van der Waals surface area contributed by atoms with Crippen LogP contribution in [0, 0.1) is 0 Å². The maximum atomic E-state index is 13.1. The maximum absolute atomic E-state index is 13.1. The summed E-state index contributed by atoms with van der Waals surface area (Å²) in [5, 5.41) is 11.1. The van der Waals surface area contributed by atoms with Gasteiger partial charge in [-0.15, -0.1) is 0 Å². The van der Waals surface area contributed by atoms with Gasteiger partial charge in [0.2, 0.25) is 0 Å². The first-order valence-electron chi connectivity index (χ1n) is 10.3. The Morgan fingerprint density at radius 2 is 0.686 bits per heavy atom. The number of alkyl halides is 9. The molecule has 0 amide bonds. The fourth-order valence-corrected chi connectivity index (χ4v) is 4.15. The van der Waals surface area contributed by atoms with Gasteiger partial charge in [-0.05, 0) is 59.5 Å². The minimum atomic E-state index is -4.67. The molecule has 0 aliphatic carbocycles. The molecular weight excluding hydrogens is 487 g/mol. The van der Waals surface area contributed by atoms with Gasteiger partial charge in [-0.3, -0.25) is 0 Å². The van der Waals surface area contributed by atoms with E-state index in [0.717, 1.165) is 72.8 Å². The molecule has 0 fully saturated rings. The minimum Gasteiger partial charge on any atom is -0.392 e. The number of hydrogen-bond donors (Lipinski definition) is 1. The lowest BCUT2D eigenvalue weighted by Crippen LogP contribution is -2.42. The summed E-state index contributed by atoms with van der Waals surface area (Å²) < 4.78 is 118. The fraction of sp³-hybridized carbons (Fsp3) is 0.280. The van der Waals surface area contributed by atoms with Gasteiger partial charge in [0.05, 0.1) is 28.2 Å². The summed E-state index contributed by atoms with van der Waals surface area (Å²) in [5.74, 6) is 0. The van der Waals surface area contributed by atoms with Crippen molar-refractivity contribution in [2.75, 3.05) is 0 Å². The number of hydrogen-bond acceptors (Lipinski definition) is 1. The molecule has 0 saturated heterocycles. The molecule has 0 spiro atoms. The van der Waals surface area contributed by atoms with E-state index in [1.54, 1.807) is 0 Å². The molecule has 0 bridgehead atoms. The topological polar surface area (TPSA) is 20.2 Å². The van der Waals surface area contributed by atoms with Crippen molar-refractivity contribution < 1.29 is 44.6 Å². The van der Waals surface area contributed by atoms with E-state index in [1.165, 1.54) is 6.92 Å². The second-order valence-corrected chi connectivity index (χ2v) is 7.96. The summed E-state index contributed by atoms with van der Waals surface area (Å²) in [5.41, 5.74) is -4.55. The first-order valence-corrected chi connectivity index (χ1v) is 10.3. The van der Waals surface area contributed by atoms with E-state index >= 15 is 0 Å². The molecule has 1 atom stereocenters. The highest BCUT2D eigenvalue weighted by Crippen LogP contribution is 2.45. The molecule has 188 valence electrons. The lowest BCUT2D eigenvalue weighted by atomic mass is 9.65. The number of halogens is 9. The quantitative estimate of drug-likeness (QED) is 0.276. The third-order valence-electron chi connectivity index (χ3n) is 5.89. The van der Waals surface area contributed by atoms with E-state index in [1.807, 2.05) is 0 Å². The van der Waals surface area contributed by atoms with E-state index in [2.05, 4.69) is 0 Å². The maximum Gasteiger partial charge on any atom is 0.416 e. The summed E-state index contributed by atoms with van der Waals surface area (Å²) in [6.07, 6.45) is -15.4. The average Bonchev–Trinajstić information content (AvgIpc) is 2.78. The molecule has 1 nitrogen and oxygen atoms in total. The van der Waals surface area contributed by atoms with Crippen LogP contribution in [-0.2, 0) is 23.9 Å². The largest absolute Gasteiger partial charge is 0.416 e. The Morgan fingerprint density at radius 3 is 0.857 bits per heavy atom. The van der Waals surface area contributed by atoms with Gasteiger partial charge in [0.25, 0.3) is 0 Å². The van der Waals surface area contributed by atoms with Crippen molar-refractivity contribution in [2.45, 2.75) is 43.4 Å². The van der Waals surface area contributed by atoms with Gasteiger partial charge in [-0.1, -0.05) is 43.3 Å². The standard InChI is InChI=1S/C25H19F9O/c1-2-21(35)22(15-3-9-18(10-4-15)23(26,27)28,16-5-11-19(12-6-16)24(29,30)31)17-7-13-20(14-8-17)25(32,33)34/h3-14,21,35H,2H2,1H3. The summed E-state index contributed by atoms with van der Waals surface area (Å²) >= 11 is 0. The Bertz CT molecular complexity index is 985. The lowest BCUT2D eigenvalue weighted by Gasteiger charge is -2.40. The molecule has 1 unspecified atom stereocenters. The van der Waals surface area contributed by atoms with Crippen molar-refractivity contribution in [3.63, 3.8) is 0 Å². The lowest BCUT2D eigenvalue weighted by molar-refractivity contribution is -0.138. The first-order chi connectivity index (χ1) is 16.1. The highest BCUT2D eigenvalue weighted by molar-refractivity contribution is 5.53. The predicted molar refractivity (Wildman–Crippen MR) is 111 cm³/mol. The van der Waals surface area contributed by atoms with E-state index in [4.69, 9.17) is 0 Å². The molecule has 3 aromatic rings. The van der Waals surface area contributed by atoms with Crippen LogP contribution in [0.5, 0.6) is 0 Å². The summed E-state index contributed by atoms with van der Waals surface area (Å²) in [6.45, 7) is 1.54. The van der Waals surface area contributed by atoms with E-state index in [-0.39, 0.29) is 23.1 Å². The van der Waals surface area contributed by atoms with Gasteiger partial charge in [0, 0.05) is 0 Å². The van der Waals surface area contributed by atoms with Crippen LogP contribution < -0.4 is 0 Å². The molecular formula is C25H19F9O. The number of benzene rings is 3. The average molecular weight is 506 g/mol. The SMILES string of the molecule is CCC(O)C(c1ccc(C(F)(F)F)cc1)(c1ccc(C(F)(F)F)cc1)c1ccc(C(F)(F)F)cc1. The normalized spacial score (nSPS) is 14.1. The monoisotopic (exact) mass is 506 g/mol. The van der Waals surface area contributed by atoms with Crippen LogP contribution in [0.2, 0.25) is 0 Å². The zero-order valence-corrected chi connectivity index (χ0v) is 18.1. The predicted octanol–water partition coefficient (Wildman–Crippen LogP) is 7.85. The Kier molecular flexibility index (Phi) is 7.00. The second-order valence-electron chi connectivity index (χ2n) is 7.96. The van der Waals surface area contributed by atoms with Crippen molar-refractivity contribution in [3.8, 4) is 0 Å². The molecule has 0 aliphatic heterocycles. The summed E-state index contributed by atoms with van der Waals surface area (Å²) in [4.78, 5) is 0. The van der Waals surface area contributed by atoms with Crippen LogP contribution in [0.1, 0.15) is 46.7 Å². The molecule has 10 heteroatoms. The smallest absolute Gasteiger partial charge is 0.392 e. The molecule has 35 heavy (non-hydrogen) atoms. The highest BCUT2D eigenvalue weighted by Gasteiger charge is 2.44. The first kappa shape index (κ1) is 26.6. The van der Waals surface area contributed by atoms with Crippen LogP contribution in [0.4, 0.5) is 39.5 Å². The fourth-order valence-electron chi connectivity index (χ4n) is 4.15. The van der Waals surface area contributed by atoms with Gasteiger partial charge in [-0.25, -0.2) is 0 Å². The zero-order valence-electron chi connectivity index (χ0n) is 18.1. The molecule has 3 rings (SSSR count). The molecule has 3 aromatic carbocycles. The zero-order chi connectivity index (χ0) is 26.2. The second kappa shape index (κ2) is 9.22. The third-order valence-corrected chi connectivity index (χ3v) is 5.89. The van der Waals surface area contributed by atoms with E-state index in [9.17, 15) is 44.6 Å². The van der Waals surface area contributed by atoms with E-state index < -0.39 is 46.7 Å². The molecule has 0 saturated carbocycles. The van der Waals surface area contributed by atoms with Crippen LogP contribution >= 0.6 is 0 Å². The van der Waals surface area contributed by atoms with Gasteiger partial charge in [-0.2, -0.15) is 39.5 Å². The van der Waals surface area contributed by atoms with Crippen molar-refractivity contribution >= 4 is 0 Å². The van der Waals surface area contributed by atoms with E-state index in [0.29, 0.717) is 0 Å². The molecule has 0 aromatic heterocycles. The summed E-state index contributed by atoms with van der Waals surface area (Å²) in [7, 11) is 0. The van der Waals surface area contributed by atoms with Gasteiger partial charge < -0.3 is 5.11 Å². The minimum absolute atomic E-state index is 0.0108. The van der Waals surface area contributed by atoms with Crippen molar-refractivity contribution in [1.29, 1.82) is 0 Å². The Hall–Kier alpha value is -3.01. The van der Waals surface area contributed by atoms with Gasteiger partial charge >= 0.3 is 18.5 Å². The Morgan fingerprint density at radius 1 is 0.486 bits per heavy atom. The van der Waals surface area contributed by atoms with Crippen molar-refractivity contribution in [2.24, 2.45) is 0 Å². The highest BCUT2D eigenvalue weighted by atomic mass is 19.4. The van der Waals surface area contributed by atoms with Crippen LogP contribution in [-0.4, -0.2) is 11.2 Å². The van der Waals surface area contributed by atoms with Crippen molar-refractivity contribution in [3.05, 3.63) is 106 Å². The molecule has 0 radical (unpaired) electrons. The number of aliphatic hydroxyl groups is 1.